The predicted octanol–water partition coefficient (Wildman–Crippen LogP) is 5.94. The molecule has 35 heavy (non-hydrogen) atoms. The molecule has 3 atom stereocenters. The molecule has 2 aromatic carbocycles. The summed E-state index contributed by atoms with van der Waals surface area (Å²) in [5.41, 5.74) is 5.30. The Morgan fingerprint density at radius 2 is 1.43 bits per heavy atom. The molecule has 3 N–H and O–H groups in total. The Morgan fingerprint density at radius 3 is 1.77 bits per heavy atom. The quantitative estimate of drug-likeness (QED) is 0.226. The molecular formula is C21H24Cl4N4O4S2. The van der Waals surface area contributed by atoms with Gasteiger partial charge in [0.2, 0.25) is 0 Å². The van der Waals surface area contributed by atoms with Crippen molar-refractivity contribution in [2.45, 2.75) is 18.2 Å². The van der Waals surface area contributed by atoms with E-state index in [1.165, 1.54) is 6.07 Å². The molecule has 0 radical (unpaired) electrons. The van der Waals surface area contributed by atoms with Crippen molar-refractivity contribution in [3.63, 3.8) is 0 Å². The highest BCUT2D eigenvalue weighted by molar-refractivity contribution is 7.80. The third-order valence-corrected chi connectivity index (χ3v) is 6.16. The Bertz CT molecular complexity index is 1070. The molecule has 0 aliphatic rings. The van der Waals surface area contributed by atoms with Crippen molar-refractivity contribution in [3.05, 3.63) is 77.7 Å². The van der Waals surface area contributed by atoms with Crippen LogP contribution in [0.15, 0.2) is 36.4 Å². The van der Waals surface area contributed by atoms with Crippen LogP contribution < -0.4 is 5.73 Å². The van der Waals surface area contributed by atoms with Gasteiger partial charge in [-0.25, -0.2) is 0 Å². The number of thiocarbonyl (C=S) groups is 2. The average Bonchev–Trinajstić information content (AvgIpc) is 2.70. The molecule has 0 saturated heterocycles. The van der Waals surface area contributed by atoms with Crippen molar-refractivity contribution >= 4 is 81.2 Å². The monoisotopic (exact) mass is 600 g/mol. The third kappa shape index (κ3) is 9.38. The van der Waals surface area contributed by atoms with Crippen LogP contribution in [0.1, 0.15) is 23.3 Å². The normalized spacial score (nSPS) is 13.2. The summed E-state index contributed by atoms with van der Waals surface area (Å²) < 4.78 is 5.95. The van der Waals surface area contributed by atoms with Crippen LogP contribution in [0.3, 0.4) is 0 Å². The van der Waals surface area contributed by atoms with Gasteiger partial charge in [-0.15, -0.1) is 0 Å². The molecule has 0 spiro atoms. The number of nitro groups is 1. The number of hydrogen-bond donors (Lipinski definition) is 2. The zero-order valence-corrected chi connectivity index (χ0v) is 23.8. The van der Waals surface area contributed by atoms with Gasteiger partial charge in [0.1, 0.15) is 6.04 Å². The molecule has 2 rings (SSSR count). The highest BCUT2D eigenvalue weighted by atomic mass is 35.5. The van der Waals surface area contributed by atoms with E-state index in [-0.39, 0.29) is 10.2 Å². The minimum atomic E-state index is -1.33. The Balaban J connectivity index is 0.00000142. The van der Waals surface area contributed by atoms with Gasteiger partial charge in [0.25, 0.3) is 16.4 Å². The zero-order chi connectivity index (χ0) is 27.0. The Hall–Kier alpha value is -1.66. The number of likely N-dealkylation sites (N-methyl/N-ethyl adjacent to an activating group) is 1. The van der Waals surface area contributed by atoms with E-state index < -0.39 is 28.3 Å². The first-order valence-electron chi connectivity index (χ1n) is 9.73. The highest BCUT2D eigenvalue weighted by Gasteiger charge is 2.46. The SMILES string of the molecule is CN(C)C(=S)OC(c1ccc(Cl)cc1Cl)C(C(c1ccc(Cl)cc1Cl)N(C)C)[N+](=O)[O-].NC(O)=S. The highest BCUT2D eigenvalue weighted by Crippen LogP contribution is 2.40. The van der Waals surface area contributed by atoms with E-state index >= 15 is 0 Å². The van der Waals surface area contributed by atoms with Gasteiger partial charge < -0.3 is 20.5 Å². The fraction of sp³-hybridized carbons (Fsp3) is 0.333. The first-order valence-corrected chi connectivity index (χ1v) is 12.1. The first kappa shape index (κ1) is 31.4. The average molecular weight is 602 g/mol. The molecule has 8 nitrogen and oxygen atoms in total. The molecule has 0 fully saturated rings. The Morgan fingerprint density at radius 1 is 1.00 bits per heavy atom. The number of nitrogens with zero attached hydrogens (tertiary/aromatic N) is 3. The van der Waals surface area contributed by atoms with Gasteiger partial charge in [-0.2, -0.15) is 0 Å². The van der Waals surface area contributed by atoms with Gasteiger partial charge in [0, 0.05) is 44.7 Å². The third-order valence-electron chi connectivity index (χ3n) is 4.58. The summed E-state index contributed by atoms with van der Waals surface area (Å²) in [6, 6.07) is 7.41. The van der Waals surface area contributed by atoms with Crippen LogP contribution in [0.4, 0.5) is 0 Å². The summed E-state index contributed by atoms with van der Waals surface area (Å²) in [5.74, 6) is 0. The van der Waals surface area contributed by atoms with Crippen LogP contribution in [0, 0.1) is 10.1 Å². The van der Waals surface area contributed by atoms with Gasteiger partial charge in [-0.3, -0.25) is 15.0 Å². The lowest BCUT2D eigenvalue weighted by Crippen LogP contribution is -2.43. The molecule has 192 valence electrons. The minimum absolute atomic E-state index is 0.0718. The van der Waals surface area contributed by atoms with E-state index in [1.807, 2.05) is 0 Å². The second-order valence-corrected chi connectivity index (χ2v) is 10.0. The van der Waals surface area contributed by atoms with Gasteiger partial charge >= 0.3 is 0 Å². The second-order valence-electron chi connectivity index (χ2n) is 7.55. The molecular weight excluding hydrogens is 578 g/mol. The van der Waals surface area contributed by atoms with Gasteiger partial charge in [-0.1, -0.05) is 58.5 Å². The van der Waals surface area contributed by atoms with E-state index in [4.69, 9.17) is 68.5 Å². The fourth-order valence-electron chi connectivity index (χ4n) is 3.16. The van der Waals surface area contributed by atoms with Crippen LogP contribution in [0.2, 0.25) is 20.1 Å². The van der Waals surface area contributed by atoms with Gasteiger partial charge in [0.05, 0.1) is 0 Å². The lowest BCUT2D eigenvalue weighted by molar-refractivity contribution is -0.544. The lowest BCUT2D eigenvalue weighted by Gasteiger charge is -2.33. The summed E-state index contributed by atoms with van der Waals surface area (Å²) in [4.78, 5) is 15.3. The van der Waals surface area contributed by atoms with Crippen molar-refractivity contribution in [1.82, 2.24) is 9.80 Å². The van der Waals surface area contributed by atoms with Crippen LogP contribution in [0.5, 0.6) is 0 Å². The molecule has 0 aliphatic heterocycles. The van der Waals surface area contributed by atoms with Crippen LogP contribution in [-0.4, -0.2) is 64.4 Å². The van der Waals surface area contributed by atoms with E-state index in [0.29, 0.717) is 26.2 Å². The number of hydrogen-bond acceptors (Lipinski definition) is 6. The zero-order valence-electron chi connectivity index (χ0n) is 19.1. The number of rotatable bonds is 7. The Kier molecular flexibility index (Phi) is 12.7. The fourth-order valence-corrected chi connectivity index (χ4v) is 4.30. The second kappa shape index (κ2) is 14.2. The summed E-state index contributed by atoms with van der Waals surface area (Å²) >= 11 is 34.1. The van der Waals surface area contributed by atoms with Crippen molar-refractivity contribution < 1.29 is 14.8 Å². The Labute approximate surface area is 234 Å². The van der Waals surface area contributed by atoms with Crippen LogP contribution in [0.25, 0.3) is 0 Å². The van der Waals surface area contributed by atoms with Crippen molar-refractivity contribution in [3.8, 4) is 0 Å². The predicted molar refractivity (Wildman–Crippen MR) is 150 cm³/mol. The van der Waals surface area contributed by atoms with Crippen LogP contribution >= 0.6 is 70.8 Å². The number of aliphatic hydroxyl groups is 1. The smallest absolute Gasteiger partial charge is 0.272 e. The van der Waals surface area contributed by atoms with Gasteiger partial charge in [-0.05, 0) is 68.4 Å². The number of nitrogens with two attached hydrogens (primary N) is 1. The molecule has 0 saturated carbocycles. The van der Waals surface area contributed by atoms with Crippen molar-refractivity contribution in [2.75, 3.05) is 28.2 Å². The summed E-state index contributed by atoms with van der Waals surface area (Å²) in [5, 5.41) is 20.9. The first-order chi connectivity index (χ1) is 16.2. The number of benzene rings is 2. The maximum atomic E-state index is 12.4. The largest absolute Gasteiger partial charge is 0.487 e. The van der Waals surface area contributed by atoms with Crippen molar-refractivity contribution in [1.29, 1.82) is 0 Å². The van der Waals surface area contributed by atoms with Gasteiger partial charge in [0.15, 0.2) is 6.10 Å². The molecule has 0 bridgehead atoms. The van der Waals surface area contributed by atoms with E-state index in [1.54, 1.807) is 68.3 Å². The molecule has 0 aliphatic carbocycles. The molecule has 0 amide bonds. The standard InChI is InChI=1S/C20H21Cl4N3O3S.CH3NOS/c1-25(2)17(13-7-5-11(21)9-15(13)23)18(27(28)29)19(30-20(31)26(3)4)14-8-6-12(22)10-16(14)24;2-1(3)4/h5-10,17-19H,1-4H3;(H3,2,3,4). The molecule has 0 heterocycles. The molecule has 0 aromatic heterocycles. The van der Waals surface area contributed by atoms with E-state index in [2.05, 4.69) is 18.0 Å². The topological polar surface area (TPSA) is 105 Å². The van der Waals surface area contributed by atoms with E-state index in [0.717, 1.165) is 0 Å². The maximum absolute atomic E-state index is 12.4. The van der Waals surface area contributed by atoms with E-state index in [9.17, 15) is 10.1 Å². The number of halogens is 4. The minimum Gasteiger partial charge on any atom is -0.487 e. The number of aliphatic hydroxyl groups excluding tert-OH is 1. The lowest BCUT2D eigenvalue weighted by atomic mass is 9.90. The summed E-state index contributed by atoms with van der Waals surface area (Å²) in [6.45, 7) is 0. The maximum Gasteiger partial charge on any atom is 0.272 e. The summed E-state index contributed by atoms with van der Waals surface area (Å²) in [6.07, 6.45) is -1.13. The molecule has 3 unspecified atom stereocenters. The molecule has 2 aromatic rings. The molecule has 14 heteroatoms. The van der Waals surface area contributed by atoms with Crippen molar-refractivity contribution in [2.24, 2.45) is 5.73 Å². The number of ether oxygens (including phenoxy) is 1. The van der Waals surface area contributed by atoms with Crippen LogP contribution in [-0.2, 0) is 4.74 Å². The summed E-state index contributed by atoms with van der Waals surface area (Å²) in [7, 11) is 6.81.